The molecule has 8 heteroatoms. The number of rotatable bonds is 5. The Kier molecular flexibility index (Phi) is 6.02. The van der Waals surface area contributed by atoms with E-state index in [0.717, 1.165) is 5.56 Å². The molecule has 5 nitrogen and oxygen atoms in total. The number of nitrogens with zero attached hydrogens (tertiary/aromatic N) is 2. The molecule has 1 aliphatic heterocycles. The van der Waals surface area contributed by atoms with Crippen molar-refractivity contribution < 1.29 is 13.2 Å². The van der Waals surface area contributed by atoms with Gasteiger partial charge in [-0.2, -0.15) is 4.31 Å². The average Bonchev–Trinajstić information content (AvgIpc) is 3.18. The summed E-state index contributed by atoms with van der Waals surface area (Å²) in [5.74, 6) is -0.332. The summed E-state index contributed by atoms with van der Waals surface area (Å²) in [6, 6.07) is 10.7. The summed E-state index contributed by atoms with van der Waals surface area (Å²) < 4.78 is 27.2. The van der Waals surface area contributed by atoms with Crippen LogP contribution in [0.2, 0.25) is 5.02 Å². The van der Waals surface area contributed by atoms with Gasteiger partial charge in [0, 0.05) is 31.7 Å². The molecule has 26 heavy (non-hydrogen) atoms. The number of thiophene rings is 1. The molecule has 3 rings (SSSR count). The lowest BCUT2D eigenvalue weighted by Crippen LogP contribution is -2.45. The summed E-state index contributed by atoms with van der Waals surface area (Å²) in [6.45, 7) is 1.18. The van der Waals surface area contributed by atoms with Crippen LogP contribution in [0.3, 0.4) is 0 Å². The van der Waals surface area contributed by atoms with Gasteiger partial charge < -0.3 is 4.90 Å². The summed E-state index contributed by atoms with van der Waals surface area (Å²) in [5, 5.41) is 2.41. The Hall–Kier alpha value is -1.41. The second kappa shape index (κ2) is 8.08. The van der Waals surface area contributed by atoms with Gasteiger partial charge in [0.25, 0.3) is 10.0 Å². The molecule has 1 amide bonds. The van der Waals surface area contributed by atoms with E-state index in [1.807, 2.05) is 12.1 Å². The van der Waals surface area contributed by atoms with E-state index in [4.69, 9.17) is 11.6 Å². The van der Waals surface area contributed by atoms with Crippen molar-refractivity contribution in [3.8, 4) is 0 Å². The fraction of sp³-hybridized carbons (Fsp3) is 0.389. The zero-order valence-electron chi connectivity index (χ0n) is 14.5. The standard InChI is InChI=1S/C18H21ClN2O3S2/c1-20(12-14-6-8-16(19)9-7-14)18(22)15-4-2-10-21(13-15)26(23,24)17-5-3-11-25-17/h3,5-9,11,15H,2,4,10,12-13H2,1H3. The van der Waals surface area contributed by atoms with Crippen molar-refractivity contribution in [3.63, 3.8) is 0 Å². The molecule has 0 saturated carbocycles. The van der Waals surface area contributed by atoms with Crippen molar-refractivity contribution in [2.24, 2.45) is 5.92 Å². The van der Waals surface area contributed by atoms with Crippen LogP contribution in [0.5, 0.6) is 0 Å². The second-order valence-corrected chi connectivity index (χ2v) is 10.0. The molecule has 0 spiro atoms. The molecule has 2 heterocycles. The van der Waals surface area contributed by atoms with Gasteiger partial charge in [-0.15, -0.1) is 11.3 Å². The highest BCUT2D eigenvalue weighted by Gasteiger charge is 2.34. The van der Waals surface area contributed by atoms with E-state index in [-0.39, 0.29) is 18.4 Å². The number of carbonyl (C=O) groups is 1. The summed E-state index contributed by atoms with van der Waals surface area (Å²) in [4.78, 5) is 14.5. The van der Waals surface area contributed by atoms with Gasteiger partial charge in [-0.1, -0.05) is 29.8 Å². The monoisotopic (exact) mass is 412 g/mol. The first-order valence-electron chi connectivity index (χ1n) is 8.41. The van der Waals surface area contributed by atoms with Crippen LogP contribution in [0.4, 0.5) is 0 Å². The van der Waals surface area contributed by atoms with Crippen molar-refractivity contribution in [1.82, 2.24) is 9.21 Å². The minimum absolute atomic E-state index is 0.0222. The minimum atomic E-state index is -3.51. The number of halogens is 1. The molecule has 1 aromatic carbocycles. The van der Waals surface area contributed by atoms with E-state index < -0.39 is 10.0 Å². The molecule has 1 saturated heterocycles. The summed E-state index contributed by atoms with van der Waals surface area (Å²) >= 11 is 7.10. The van der Waals surface area contributed by atoms with E-state index >= 15 is 0 Å². The molecule has 1 aromatic heterocycles. The van der Waals surface area contributed by atoms with E-state index in [0.29, 0.717) is 35.2 Å². The SMILES string of the molecule is CN(Cc1ccc(Cl)cc1)C(=O)C1CCCN(S(=O)(=O)c2cccs2)C1. The first-order chi connectivity index (χ1) is 12.4. The second-order valence-electron chi connectivity index (χ2n) is 6.46. The Morgan fingerprint density at radius 2 is 2.04 bits per heavy atom. The molecule has 1 aliphatic rings. The largest absolute Gasteiger partial charge is 0.341 e. The maximum atomic E-state index is 12.8. The topological polar surface area (TPSA) is 57.7 Å². The highest BCUT2D eigenvalue weighted by Crippen LogP contribution is 2.27. The van der Waals surface area contributed by atoms with Gasteiger partial charge in [0.1, 0.15) is 4.21 Å². The van der Waals surface area contributed by atoms with Gasteiger partial charge >= 0.3 is 0 Å². The predicted molar refractivity (Wildman–Crippen MR) is 104 cm³/mol. The van der Waals surface area contributed by atoms with Gasteiger partial charge in [-0.25, -0.2) is 8.42 Å². The first-order valence-corrected chi connectivity index (χ1v) is 11.1. The van der Waals surface area contributed by atoms with E-state index in [9.17, 15) is 13.2 Å². The lowest BCUT2D eigenvalue weighted by atomic mass is 9.98. The van der Waals surface area contributed by atoms with E-state index in [2.05, 4.69) is 0 Å². The van der Waals surface area contributed by atoms with Crippen molar-refractivity contribution in [1.29, 1.82) is 0 Å². The van der Waals surface area contributed by atoms with Gasteiger partial charge in [0.05, 0.1) is 5.92 Å². The Bertz CT molecular complexity index is 851. The molecule has 0 aliphatic carbocycles. The van der Waals surface area contributed by atoms with Crippen LogP contribution in [0.15, 0.2) is 46.0 Å². The molecule has 1 unspecified atom stereocenters. The fourth-order valence-electron chi connectivity index (χ4n) is 3.15. The van der Waals surface area contributed by atoms with E-state index in [1.165, 1.54) is 15.6 Å². The molecule has 2 aromatic rings. The Labute approximate surface area is 163 Å². The maximum Gasteiger partial charge on any atom is 0.252 e. The van der Waals surface area contributed by atoms with Crippen molar-refractivity contribution in [2.45, 2.75) is 23.6 Å². The smallest absolute Gasteiger partial charge is 0.252 e. The number of benzene rings is 1. The van der Waals surface area contributed by atoms with Crippen molar-refractivity contribution in [3.05, 3.63) is 52.4 Å². The van der Waals surface area contributed by atoms with Crippen LogP contribution in [-0.2, 0) is 21.4 Å². The normalized spacial score (nSPS) is 18.6. The number of piperidine rings is 1. The molecule has 1 fully saturated rings. The molecule has 140 valence electrons. The van der Waals surface area contributed by atoms with Crippen LogP contribution in [0, 0.1) is 5.92 Å². The quantitative estimate of drug-likeness (QED) is 0.755. The molecular weight excluding hydrogens is 392 g/mol. The van der Waals surface area contributed by atoms with E-state index in [1.54, 1.807) is 41.6 Å². The van der Waals surface area contributed by atoms with Gasteiger partial charge in [-0.05, 0) is 42.0 Å². The lowest BCUT2D eigenvalue weighted by Gasteiger charge is -2.33. The number of amides is 1. The van der Waals surface area contributed by atoms with Gasteiger partial charge in [0.2, 0.25) is 5.91 Å². The van der Waals surface area contributed by atoms with Crippen LogP contribution < -0.4 is 0 Å². The van der Waals surface area contributed by atoms with Crippen molar-refractivity contribution in [2.75, 3.05) is 20.1 Å². The van der Waals surface area contributed by atoms with Crippen LogP contribution in [-0.4, -0.2) is 43.7 Å². The minimum Gasteiger partial charge on any atom is -0.341 e. The highest BCUT2D eigenvalue weighted by atomic mass is 35.5. The fourth-order valence-corrected chi connectivity index (χ4v) is 5.95. The number of carbonyl (C=O) groups excluding carboxylic acids is 1. The highest BCUT2D eigenvalue weighted by molar-refractivity contribution is 7.91. The number of hydrogen-bond donors (Lipinski definition) is 0. The third-order valence-electron chi connectivity index (χ3n) is 4.53. The zero-order valence-corrected chi connectivity index (χ0v) is 16.9. The predicted octanol–water partition coefficient (Wildman–Crippen LogP) is 3.46. The molecule has 0 bridgehead atoms. The number of hydrogen-bond acceptors (Lipinski definition) is 4. The Morgan fingerprint density at radius 3 is 2.69 bits per heavy atom. The maximum absolute atomic E-state index is 12.8. The molecule has 0 radical (unpaired) electrons. The van der Waals surface area contributed by atoms with Crippen LogP contribution in [0.25, 0.3) is 0 Å². The van der Waals surface area contributed by atoms with Crippen molar-refractivity contribution >= 4 is 38.9 Å². The third-order valence-corrected chi connectivity index (χ3v) is 8.02. The summed E-state index contributed by atoms with van der Waals surface area (Å²) in [6.07, 6.45) is 1.40. The van der Waals surface area contributed by atoms with Gasteiger partial charge in [-0.3, -0.25) is 4.79 Å². The summed E-state index contributed by atoms with van der Waals surface area (Å²) in [5.41, 5.74) is 0.990. The zero-order chi connectivity index (χ0) is 18.7. The summed E-state index contributed by atoms with van der Waals surface area (Å²) in [7, 11) is -1.75. The first kappa shape index (κ1) is 19.4. The van der Waals surface area contributed by atoms with Gasteiger partial charge in [0.15, 0.2) is 0 Å². The number of sulfonamides is 1. The molecule has 0 N–H and O–H groups in total. The van der Waals surface area contributed by atoms with Crippen LogP contribution in [0.1, 0.15) is 18.4 Å². The average molecular weight is 413 g/mol. The Morgan fingerprint density at radius 1 is 1.31 bits per heavy atom. The Balaban J connectivity index is 1.67. The van der Waals surface area contributed by atoms with Crippen LogP contribution >= 0.6 is 22.9 Å². The molecular formula is C18H21ClN2O3S2. The molecule has 1 atom stereocenters. The third kappa shape index (κ3) is 4.28. The lowest BCUT2D eigenvalue weighted by molar-refractivity contribution is -0.135.